The molecule has 0 atom stereocenters. The second-order valence-corrected chi connectivity index (χ2v) is 5.38. The molecule has 0 aromatic carbocycles. The van der Waals surface area contributed by atoms with Crippen molar-refractivity contribution in [2.45, 2.75) is 13.8 Å². The fourth-order valence-corrected chi connectivity index (χ4v) is 2.57. The molecule has 7 nitrogen and oxygen atoms in total. The molecule has 0 aliphatic rings. The first kappa shape index (κ1) is 13.6. The summed E-state index contributed by atoms with van der Waals surface area (Å²) >= 11 is -1.76. The average Bonchev–Trinajstić information content (AvgIpc) is 2.21. The van der Waals surface area contributed by atoms with Gasteiger partial charge in [0.2, 0.25) is 0 Å². The maximum atomic E-state index is 11.6. The van der Waals surface area contributed by atoms with Gasteiger partial charge >= 0.3 is 107 Å². The molecule has 0 unspecified atom stereocenters. The molecule has 0 spiro atoms. The van der Waals surface area contributed by atoms with Crippen LogP contribution in [-0.4, -0.2) is 20.7 Å². The van der Waals surface area contributed by atoms with Crippen LogP contribution in [0.2, 0.25) is 0 Å². The molecule has 94 valence electrons. The van der Waals surface area contributed by atoms with E-state index >= 15 is 0 Å². The first-order chi connectivity index (χ1) is 7.95. The summed E-state index contributed by atoms with van der Waals surface area (Å²) < 4.78 is 4.14. The van der Waals surface area contributed by atoms with E-state index in [1.807, 2.05) is 0 Å². The molecule has 1 aromatic heterocycles. The predicted molar refractivity (Wildman–Crippen MR) is 53.4 cm³/mol. The zero-order valence-electron chi connectivity index (χ0n) is 9.15. The Bertz CT molecular complexity index is 511. The molecule has 0 radical (unpaired) electrons. The van der Waals surface area contributed by atoms with Gasteiger partial charge in [0.25, 0.3) is 0 Å². The summed E-state index contributed by atoms with van der Waals surface area (Å²) in [5.41, 5.74) is -0.121. The molecule has 0 amide bonds. The van der Waals surface area contributed by atoms with Gasteiger partial charge in [-0.2, -0.15) is 0 Å². The first-order valence-corrected chi connectivity index (χ1v) is 6.70. The number of aromatic nitrogens is 1. The van der Waals surface area contributed by atoms with Gasteiger partial charge in [-0.1, -0.05) is 0 Å². The van der Waals surface area contributed by atoms with Gasteiger partial charge in [-0.05, 0) is 0 Å². The Balaban J connectivity index is 3.29. The fourth-order valence-electron chi connectivity index (χ4n) is 1.18. The third kappa shape index (κ3) is 3.51. The third-order valence-electron chi connectivity index (χ3n) is 1.76. The van der Waals surface area contributed by atoms with E-state index in [2.05, 4.69) is 4.98 Å². The van der Waals surface area contributed by atoms with Gasteiger partial charge in [0.15, 0.2) is 0 Å². The standard InChI is InChI=1S/C9H10IN2O5/c1-3-17-9(14)6-4-5(2)11-8(13)7(6)10-12(15)16/h4H,3H2,1-2H3,(H,11,13)/q-1. The number of pyridine rings is 1. The predicted octanol–water partition coefficient (Wildman–Crippen LogP) is -2.69. The summed E-state index contributed by atoms with van der Waals surface area (Å²) in [6.07, 6.45) is 0. The van der Waals surface area contributed by atoms with Crippen molar-refractivity contribution in [3.05, 3.63) is 41.4 Å². The van der Waals surface area contributed by atoms with E-state index in [0.29, 0.717) is 5.69 Å². The number of carbonyl (C=O) groups is 1. The monoisotopic (exact) mass is 353 g/mol. The summed E-state index contributed by atoms with van der Waals surface area (Å²) in [5, 5.41) is 10.5. The molecular formula is C9H10IN2O5-. The number of H-pyrrole nitrogens is 1. The average molecular weight is 353 g/mol. The number of carbonyl (C=O) groups excluding carboxylic acids is 1. The molecule has 8 heteroatoms. The Morgan fingerprint density at radius 1 is 1.65 bits per heavy atom. The number of nitrogens with one attached hydrogen (secondary N) is 1. The van der Waals surface area contributed by atoms with Gasteiger partial charge in [0.05, 0.1) is 0 Å². The molecule has 0 saturated carbocycles. The fraction of sp³-hybridized carbons (Fsp3) is 0.333. The van der Waals surface area contributed by atoms with E-state index in [1.54, 1.807) is 13.8 Å². The number of halogens is 1. The van der Waals surface area contributed by atoms with Crippen molar-refractivity contribution in [2.75, 3.05) is 6.61 Å². The molecule has 1 heterocycles. The number of ether oxygens (including phenoxy) is 1. The zero-order chi connectivity index (χ0) is 13.0. The van der Waals surface area contributed by atoms with E-state index < -0.39 is 36.1 Å². The van der Waals surface area contributed by atoms with Gasteiger partial charge in [0.1, 0.15) is 0 Å². The van der Waals surface area contributed by atoms with Crippen LogP contribution in [0, 0.1) is 20.6 Å². The second-order valence-electron chi connectivity index (χ2n) is 3.03. The van der Waals surface area contributed by atoms with E-state index in [1.165, 1.54) is 6.07 Å². The molecular weight excluding hydrogens is 343 g/mol. The van der Waals surface area contributed by atoms with Gasteiger partial charge in [-0.3, -0.25) is 0 Å². The molecule has 0 aliphatic carbocycles. The van der Waals surface area contributed by atoms with Gasteiger partial charge in [0, 0.05) is 0 Å². The quantitative estimate of drug-likeness (QED) is 0.209. The molecule has 1 N–H and O–H groups in total. The van der Waals surface area contributed by atoms with Crippen LogP contribution in [0.3, 0.4) is 0 Å². The zero-order valence-corrected chi connectivity index (χ0v) is 11.3. The summed E-state index contributed by atoms with van der Waals surface area (Å²) in [7, 11) is 0. The third-order valence-corrected chi connectivity index (χ3v) is 3.70. The van der Waals surface area contributed by atoms with Gasteiger partial charge in [-0.25, -0.2) is 0 Å². The van der Waals surface area contributed by atoms with E-state index in [-0.39, 0.29) is 15.7 Å². The van der Waals surface area contributed by atoms with Crippen LogP contribution in [0.15, 0.2) is 10.9 Å². The minimum atomic E-state index is -1.76. The number of esters is 1. The molecule has 0 bridgehead atoms. The molecule has 0 fully saturated rings. The van der Waals surface area contributed by atoms with Crippen molar-refractivity contribution in [2.24, 2.45) is 0 Å². The Hall–Kier alpha value is -1.45. The minimum absolute atomic E-state index is 0.00222. The Morgan fingerprint density at radius 2 is 2.29 bits per heavy atom. The molecule has 17 heavy (non-hydrogen) atoms. The van der Waals surface area contributed by atoms with E-state index in [9.17, 15) is 19.7 Å². The van der Waals surface area contributed by atoms with E-state index in [4.69, 9.17) is 4.74 Å². The van der Waals surface area contributed by atoms with Crippen LogP contribution in [0.1, 0.15) is 23.0 Å². The maximum absolute atomic E-state index is 11.6. The van der Waals surface area contributed by atoms with Crippen LogP contribution < -0.4 is 27.0 Å². The van der Waals surface area contributed by atoms with Crippen LogP contribution in [-0.2, 0) is 4.74 Å². The van der Waals surface area contributed by atoms with E-state index in [0.717, 1.165) is 0 Å². The molecule has 1 rings (SSSR count). The van der Waals surface area contributed by atoms with Crippen molar-refractivity contribution in [1.29, 1.82) is 0 Å². The van der Waals surface area contributed by atoms with Crippen LogP contribution >= 0.6 is 0 Å². The second kappa shape index (κ2) is 5.75. The number of aromatic amines is 1. The first-order valence-electron chi connectivity index (χ1n) is 4.66. The Labute approximate surface area is 107 Å². The molecule has 0 saturated heterocycles. The van der Waals surface area contributed by atoms with Gasteiger partial charge in [-0.15, -0.1) is 0 Å². The number of hydrogen-bond donors (Lipinski definition) is 1. The van der Waals surface area contributed by atoms with Crippen LogP contribution in [0.25, 0.3) is 0 Å². The van der Waals surface area contributed by atoms with Crippen molar-refractivity contribution < 1.29 is 34.1 Å². The van der Waals surface area contributed by atoms with Crippen LogP contribution in [0.4, 0.5) is 0 Å². The summed E-state index contributed by atoms with van der Waals surface area (Å²) in [4.78, 5) is 36.1. The van der Waals surface area contributed by atoms with Gasteiger partial charge < -0.3 is 0 Å². The number of nitrogens with zero attached hydrogens (tertiary/aromatic N) is 1. The van der Waals surface area contributed by atoms with Crippen molar-refractivity contribution in [3.8, 4) is 0 Å². The number of rotatable bonds is 4. The summed E-state index contributed by atoms with van der Waals surface area (Å²) in [5.74, 6) is -0.696. The van der Waals surface area contributed by atoms with Crippen molar-refractivity contribution in [3.63, 3.8) is 0 Å². The normalized spacial score (nSPS) is 10.2. The number of aryl methyl sites for hydroxylation is 1. The van der Waals surface area contributed by atoms with Crippen molar-refractivity contribution in [1.82, 2.24) is 4.98 Å². The molecule has 0 aliphatic heterocycles. The summed E-state index contributed by atoms with van der Waals surface area (Å²) in [6, 6.07) is 1.40. The van der Waals surface area contributed by atoms with Crippen LogP contribution in [0.5, 0.6) is 0 Å². The topological polar surface area (TPSA) is 102 Å². The molecule has 1 aromatic rings. The SMILES string of the molecule is CCOC(=O)c1cc(C)[nH]c(=O)c1[I-][N+](=O)[O-]. The summed E-state index contributed by atoms with van der Waals surface area (Å²) in [6.45, 7) is 3.37. The Morgan fingerprint density at radius 3 is 2.82 bits per heavy atom. The number of hydrogen-bond acceptors (Lipinski definition) is 5. The Kier molecular flexibility index (Phi) is 4.61. The van der Waals surface area contributed by atoms with Crippen molar-refractivity contribution >= 4 is 5.97 Å². The number of nitro groups is 1.